The maximum atomic E-state index is 14.8. The molecule has 87 heavy (non-hydrogen) atoms. The highest BCUT2D eigenvalue weighted by Gasteiger charge is 2.33. The predicted octanol–water partition coefficient (Wildman–Crippen LogP) is 1.60. The molecule has 24 heteroatoms. The third kappa shape index (κ3) is 28.0. The summed E-state index contributed by atoms with van der Waals surface area (Å²) >= 11 is 0. The molecule has 4 rings (SSSR count). The molecule has 0 fully saturated rings. The van der Waals surface area contributed by atoms with E-state index in [1.165, 1.54) is 19.2 Å². The van der Waals surface area contributed by atoms with Gasteiger partial charge in [-0.3, -0.25) is 48.6 Å². The fraction of sp³-hybridized carbons (Fsp3) is 0.492. The minimum Gasteiger partial charge on any atom is -0.508 e. The van der Waals surface area contributed by atoms with Gasteiger partial charge in [0.2, 0.25) is 53.2 Å². The van der Waals surface area contributed by atoms with E-state index < -0.39 is 96.0 Å². The average Bonchev–Trinajstić information content (AvgIpc) is 2.84. The smallest absolute Gasteiger partial charge is 0.243 e. The van der Waals surface area contributed by atoms with Crippen LogP contribution >= 0.6 is 0 Å². The Morgan fingerprint density at radius 3 is 1.54 bits per heavy atom. The number of phenols is 1. The second-order valence-corrected chi connectivity index (χ2v) is 22.3. The van der Waals surface area contributed by atoms with Crippen LogP contribution in [0.4, 0.5) is 0 Å². The van der Waals surface area contributed by atoms with Crippen LogP contribution in [-0.2, 0) is 62.4 Å². The van der Waals surface area contributed by atoms with E-state index in [4.69, 9.17) is 16.9 Å². The van der Waals surface area contributed by atoms with Crippen molar-refractivity contribution in [2.75, 3.05) is 33.2 Å². The quantitative estimate of drug-likeness (QED) is 0.0171. The van der Waals surface area contributed by atoms with Gasteiger partial charge in [-0.2, -0.15) is 0 Å². The van der Waals surface area contributed by atoms with Crippen LogP contribution in [0.2, 0.25) is 0 Å². The lowest BCUT2D eigenvalue weighted by molar-refractivity contribution is -0.135. The first-order valence-electron chi connectivity index (χ1n) is 30.0. The molecule has 4 aromatic carbocycles. The molecular formula is C63H92N14O10. The van der Waals surface area contributed by atoms with Crippen molar-refractivity contribution in [1.29, 1.82) is 5.41 Å². The number of guanidine groups is 1. The first-order valence-corrected chi connectivity index (χ1v) is 30.0. The molecule has 6 atom stereocenters. The van der Waals surface area contributed by atoms with E-state index in [9.17, 15) is 48.3 Å². The summed E-state index contributed by atoms with van der Waals surface area (Å²) in [5, 5.41) is 50.3. The largest absolute Gasteiger partial charge is 0.508 e. The van der Waals surface area contributed by atoms with Crippen LogP contribution in [0.25, 0.3) is 10.8 Å². The lowest BCUT2D eigenvalue weighted by Gasteiger charge is -2.27. The summed E-state index contributed by atoms with van der Waals surface area (Å²) < 4.78 is 0. The molecule has 17 N–H and O–H groups in total. The lowest BCUT2D eigenvalue weighted by atomic mass is 10.00. The molecule has 0 aliphatic rings. The van der Waals surface area contributed by atoms with Gasteiger partial charge in [-0.15, -0.1) is 0 Å². The zero-order chi connectivity index (χ0) is 63.7. The molecule has 0 heterocycles. The van der Waals surface area contributed by atoms with E-state index in [1.807, 2.05) is 94.4 Å². The van der Waals surface area contributed by atoms with E-state index >= 15 is 0 Å². The van der Waals surface area contributed by atoms with E-state index in [0.29, 0.717) is 56.3 Å². The SMILES string of the molecule is CNC(=O)CC[C@@H](NC(=O)CNC(=O)[C@H](Cc1ccc2ccccc2c1)NC(=O)[C@@H](CCCNC(=N)N)NC(=O)[C@H](CCCCNC(C)C)NC(=O)[C@H](Cc1ccc(O)cc1)NC(=O)CCc1ccccc1)C(=O)N[C@@H](CCCCNC(C)C)C(N)=O. The van der Waals surface area contributed by atoms with Crippen molar-refractivity contribution in [3.8, 4) is 5.75 Å². The van der Waals surface area contributed by atoms with Gasteiger partial charge in [0, 0.05) is 51.4 Å². The van der Waals surface area contributed by atoms with Crippen LogP contribution in [0.1, 0.15) is 115 Å². The molecule has 0 saturated carbocycles. The Bertz CT molecular complexity index is 2870. The number of carbonyl (C=O) groups is 9. The number of unbranched alkanes of at least 4 members (excludes halogenated alkanes) is 2. The first-order chi connectivity index (χ1) is 41.6. The number of fused-ring (bicyclic) bond motifs is 1. The van der Waals surface area contributed by atoms with Crippen LogP contribution in [0.15, 0.2) is 97.1 Å². The number of benzene rings is 4. The zero-order valence-corrected chi connectivity index (χ0v) is 50.9. The summed E-state index contributed by atoms with van der Waals surface area (Å²) in [6.45, 7) is 8.73. The fourth-order valence-electron chi connectivity index (χ4n) is 9.43. The van der Waals surface area contributed by atoms with Crippen LogP contribution in [-0.4, -0.2) is 146 Å². The van der Waals surface area contributed by atoms with Gasteiger partial charge in [0.15, 0.2) is 5.96 Å². The molecule has 0 aliphatic carbocycles. The highest BCUT2D eigenvalue weighted by Crippen LogP contribution is 2.18. The van der Waals surface area contributed by atoms with Gasteiger partial charge in [-0.1, -0.05) is 113 Å². The number of aromatic hydroxyl groups is 1. The topological polar surface area (TPSA) is 382 Å². The van der Waals surface area contributed by atoms with Gasteiger partial charge >= 0.3 is 0 Å². The molecule has 0 bridgehead atoms. The third-order valence-corrected chi connectivity index (χ3v) is 14.3. The Hall–Kier alpha value is -8.64. The molecule has 0 unspecified atom stereocenters. The summed E-state index contributed by atoms with van der Waals surface area (Å²) in [6, 6.07) is 21.5. The minimum absolute atomic E-state index is 0.00657. The second kappa shape index (κ2) is 38.4. The highest BCUT2D eigenvalue weighted by atomic mass is 16.3. The van der Waals surface area contributed by atoms with Gasteiger partial charge in [0.05, 0.1) is 6.54 Å². The van der Waals surface area contributed by atoms with Crippen LogP contribution in [0, 0.1) is 5.41 Å². The summed E-state index contributed by atoms with van der Waals surface area (Å²) in [4.78, 5) is 124. The molecule has 0 aliphatic heterocycles. The molecule has 474 valence electrons. The van der Waals surface area contributed by atoms with E-state index in [-0.39, 0.29) is 88.1 Å². The number of primary amides is 1. The Kier molecular flexibility index (Phi) is 31.3. The van der Waals surface area contributed by atoms with Gasteiger partial charge in [-0.25, -0.2) is 0 Å². The van der Waals surface area contributed by atoms with Crippen LogP contribution < -0.4 is 70.0 Å². The standard InChI is InChI=1S/C63H92N14O10/c1-40(2)68-33-13-11-20-48(57(64)82)74-61(86)51(30-32-54(79)67-5)72-56(81)39-71-58(83)52(38-44-23-27-45-18-9-10-19-46(45)36-44)77-60(85)50(22-15-35-70-63(65)66)75-59(84)49(21-12-14-34-69-41(3)4)76-62(87)53(37-43-24-28-47(78)29-25-43)73-55(80)31-26-42-16-7-6-8-17-42/h6-10,16-19,23-25,27-29,36,40-41,48-53,68-69,78H,11-15,20-22,26,30-35,37-39H2,1-5H3,(H2,64,82)(H,67,79)(H,71,83)(H,72,81)(H,73,80)(H,74,86)(H,75,84)(H,76,87)(H,77,85)(H4,65,66,70)/t48-,49-,50+,51+,52-,53-/m0/s1. The number of nitrogens with two attached hydrogens (primary N) is 2. The molecular weight excluding hydrogens is 1110 g/mol. The Morgan fingerprint density at radius 1 is 0.460 bits per heavy atom. The number of carbonyl (C=O) groups excluding carboxylic acids is 9. The van der Waals surface area contributed by atoms with E-state index in [0.717, 1.165) is 16.3 Å². The Morgan fingerprint density at radius 2 is 0.954 bits per heavy atom. The summed E-state index contributed by atoms with van der Waals surface area (Å²) in [6.07, 6.45) is 2.84. The lowest BCUT2D eigenvalue weighted by Crippen LogP contribution is -2.59. The molecule has 0 spiro atoms. The third-order valence-electron chi connectivity index (χ3n) is 14.3. The van der Waals surface area contributed by atoms with Crippen molar-refractivity contribution in [3.63, 3.8) is 0 Å². The summed E-state index contributed by atoms with van der Waals surface area (Å²) in [7, 11) is 1.42. The molecule has 0 radical (unpaired) electrons. The zero-order valence-electron chi connectivity index (χ0n) is 50.9. The van der Waals surface area contributed by atoms with Crippen molar-refractivity contribution in [3.05, 3.63) is 114 Å². The van der Waals surface area contributed by atoms with Gasteiger partial charge in [-0.05, 0) is 117 Å². The number of nitrogens with one attached hydrogen (secondary N) is 12. The molecule has 0 aromatic heterocycles. The normalized spacial score (nSPS) is 13.2. The number of hydrogen-bond acceptors (Lipinski definition) is 13. The number of rotatable bonds is 40. The summed E-state index contributed by atoms with van der Waals surface area (Å²) in [5.41, 5.74) is 13.4. The van der Waals surface area contributed by atoms with Gasteiger partial charge in [0.25, 0.3) is 0 Å². The minimum atomic E-state index is -1.38. The van der Waals surface area contributed by atoms with Gasteiger partial charge in [0.1, 0.15) is 42.0 Å². The monoisotopic (exact) mass is 1200 g/mol. The molecule has 9 amide bonds. The Balaban J connectivity index is 1.62. The number of aryl methyl sites for hydroxylation is 1. The maximum Gasteiger partial charge on any atom is 0.243 e. The van der Waals surface area contributed by atoms with Crippen molar-refractivity contribution >= 4 is 69.9 Å². The summed E-state index contributed by atoms with van der Waals surface area (Å²) in [5.74, 6) is -6.55. The second-order valence-electron chi connectivity index (χ2n) is 22.3. The number of phenolic OH excluding ortho intramolecular Hbond substituents is 1. The van der Waals surface area contributed by atoms with Gasteiger partial charge < -0.3 is 75.1 Å². The Labute approximate surface area is 510 Å². The molecule has 24 nitrogen and oxygen atoms in total. The van der Waals surface area contributed by atoms with E-state index in [1.54, 1.807) is 18.2 Å². The molecule has 0 saturated heterocycles. The van der Waals surface area contributed by atoms with Crippen LogP contribution in [0.5, 0.6) is 5.75 Å². The number of amides is 9. The van der Waals surface area contributed by atoms with Crippen LogP contribution in [0.3, 0.4) is 0 Å². The van der Waals surface area contributed by atoms with E-state index in [2.05, 4.69) is 58.5 Å². The highest BCUT2D eigenvalue weighted by molar-refractivity contribution is 5.97. The maximum absolute atomic E-state index is 14.8. The van der Waals surface area contributed by atoms with Crippen molar-refractivity contribution in [2.45, 2.75) is 166 Å². The molecule has 4 aromatic rings. The predicted molar refractivity (Wildman–Crippen MR) is 334 cm³/mol. The average molecular weight is 1210 g/mol. The van der Waals surface area contributed by atoms with Crippen molar-refractivity contribution in [2.24, 2.45) is 11.5 Å². The van der Waals surface area contributed by atoms with Crippen molar-refractivity contribution in [1.82, 2.24) is 58.5 Å². The van der Waals surface area contributed by atoms with Crippen molar-refractivity contribution < 1.29 is 48.3 Å². The fourth-order valence-corrected chi connectivity index (χ4v) is 9.43. The first kappa shape index (κ1) is 70.8. The number of hydrogen-bond donors (Lipinski definition) is 15.